The lowest BCUT2D eigenvalue weighted by Gasteiger charge is -2.30. The number of phosphoric acid groups is 2. The van der Waals surface area contributed by atoms with Crippen molar-refractivity contribution >= 4 is 61.3 Å². The predicted molar refractivity (Wildman–Crippen MR) is 226 cm³/mol. The van der Waals surface area contributed by atoms with Gasteiger partial charge in [-0.3, -0.25) is 28.0 Å². The van der Waals surface area contributed by atoms with E-state index >= 15 is 0 Å². The molecular formula is C37H65N7O14P2S. The zero-order valence-electron chi connectivity index (χ0n) is 35.3. The van der Waals surface area contributed by atoms with Gasteiger partial charge in [-0.2, -0.15) is 4.31 Å². The van der Waals surface area contributed by atoms with Crippen LogP contribution in [0.2, 0.25) is 0 Å². The Bertz CT molecular complexity index is 1780. The van der Waals surface area contributed by atoms with Gasteiger partial charge in [0.1, 0.15) is 36.3 Å². The van der Waals surface area contributed by atoms with E-state index in [1.165, 1.54) is 101 Å². The maximum atomic E-state index is 12.6. The van der Waals surface area contributed by atoms with Crippen LogP contribution in [0, 0.1) is 5.41 Å². The summed E-state index contributed by atoms with van der Waals surface area (Å²) < 4.78 is 45.9. The van der Waals surface area contributed by atoms with Crippen molar-refractivity contribution in [3.05, 3.63) is 12.7 Å². The Kier molecular flexibility index (Phi) is 22.7. The van der Waals surface area contributed by atoms with Crippen LogP contribution in [0.5, 0.6) is 0 Å². The summed E-state index contributed by atoms with van der Waals surface area (Å²) >= 11 is 1.17. The first kappa shape index (κ1) is 52.8. The second-order valence-electron chi connectivity index (χ2n) is 15.7. The molecular weight excluding hydrogens is 860 g/mol. The third-order valence-electron chi connectivity index (χ3n) is 10.0. The van der Waals surface area contributed by atoms with E-state index in [0.29, 0.717) is 12.2 Å². The van der Waals surface area contributed by atoms with Crippen molar-refractivity contribution in [1.29, 1.82) is 0 Å². The maximum absolute atomic E-state index is 12.6. The van der Waals surface area contributed by atoms with Crippen molar-refractivity contribution in [3.63, 3.8) is 0 Å². The number of ether oxygens (including phenoxy) is 1. The first-order valence-electron chi connectivity index (χ1n) is 20.9. The third kappa shape index (κ3) is 18.6. The number of thioether (sulfide) groups is 1. The molecule has 2 aromatic heterocycles. The predicted octanol–water partition coefficient (Wildman–Crippen LogP) is 4.03. The molecule has 1 saturated heterocycles. The van der Waals surface area contributed by atoms with E-state index in [-0.39, 0.29) is 47.5 Å². The van der Waals surface area contributed by atoms with Crippen LogP contribution >= 0.6 is 27.4 Å². The van der Waals surface area contributed by atoms with Gasteiger partial charge in [0.2, 0.25) is 11.8 Å². The Morgan fingerprint density at radius 3 is 2.13 bits per heavy atom. The van der Waals surface area contributed by atoms with Crippen LogP contribution in [0.4, 0.5) is 5.82 Å². The SMILES string of the molecule is CCCCCCCCCCCCCCCC(=O)SCCNC(=O)CCNC(=O)[C@H](O)C(C)(C)COP(=O)(O)OP(=O)(O)OC[C@H]1O[C@@H](n2cnc3c(N)ncnc32)[C@H](O)[C@@H]1O. The highest BCUT2D eigenvalue weighted by atomic mass is 32.2. The minimum Gasteiger partial charge on any atom is -0.387 e. The Morgan fingerprint density at radius 2 is 1.49 bits per heavy atom. The van der Waals surface area contributed by atoms with Gasteiger partial charge in [0.15, 0.2) is 22.8 Å². The Labute approximate surface area is 360 Å². The van der Waals surface area contributed by atoms with Crippen LogP contribution in [0.1, 0.15) is 123 Å². The Balaban J connectivity index is 1.26. The first-order valence-corrected chi connectivity index (χ1v) is 24.8. The van der Waals surface area contributed by atoms with Gasteiger partial charge in [0.25, 0.3) is 0 Å². The number of amides is 2. The topological polar surface area (TPSA) is 317 Å². The van der Waals surface area contributed by atoms with E-state index in [0.717, 1.165) is 25.6 Å². The number of carbonyl (C=O) groups is 3. The minimum absolute atomic E-state index is 0.0509. The van der Waals surface area contributed by atoms with Crippen LogP contribution in [0.25, 0.3) is 11.2 Å². The van der Waals surface area contributed by atoms with Gasteiger partial charge in [-0.15, -0.1) is 0 Å². The van der Waals surface area contributed by atoms with E-state index < -0.39 is 70.8 Å². The monoisotopic (exact) mass is 925 g/mol. The second kappa shape index (κ2) is 26.3. The standard InChI is InChI=1S/C37H65N7O14P2S/c1-4-5-6-7-8-9-10-11-12-13-14-15-16-17-28(46)61-21-20-39-27(45)18-19-40-35(50)32(49)37(2,3)23-56-60(53,54)58-59(51,52)55-22-26-30(47)31(48)36(57-26)44-25-43-29-33(38)41-24-42-34(29)44/h24-26,30-32,36,47-49H,4-23H2,1-3H3,(H,39,45)(H,40,50)(H,51,52)(H,53,54)(H2,38,41,42)/t26-,30-,31-,32+,36-/m1/s1. The number of nitrogens with two attached hydrogens (primary N) is 1. The summed E-state index contributed by atoms with van der Waals surface area (Å²) in [6.45, 7) is 3.25. The van der Waals surface area contributed by atoms with Gasteiger partial charge in [-0.1, -0.05) is 110 Å². The molecule has 0 saturated carbocycles. The molecule has 1 aliphatic heterocycles. The van der Waals surface area contributed by atoms with Crippen LogP contribution in [-0.4, -0.2) is 118 Å². The fraction of sp³-hybridized carbons (Fsp3) is 0.784. The number of nitrogens with zero attached hydrogens (tertiary/aromatic N) is 4. The van der Waals surface area contributed by atoms with Crippen molar-refractivity contribution in [3.8, 4) is 0 Å². The number of hydrogen-bond acceptors (Lipinski definition) is 17. The molecule has 61 heavy (non-hydrogen) atoms. The molecule has 7 atom stereocenters. The number of nitrogen functional groups attached to an aromatic ring is 1. The smallest absolute Gasteiger partial charge is 0.387 e. The summed E-state index contributed by atoms with van der Waals surface area (Å²) in [7, 11) is -10.8. The average molecular weight is 926 g/mol. The zero-order chi connectivity index (χ0) is 45.1. The molecule has 0 aliphatic carbocycles. The molecule has 3 heterocycles. The van der Waals surface area contributed by atoms with Crippen molar-refractivity contribution < 1.29 is 66.7 Å². The van der Waals surface area contributed by atoms with Gasteiger partial charge in [-0.25, -0.2) is 24.1 Å². The molecule has 2 amide bonds. The molecule has 21 nitrogen and oxygen atoms in total. The fourth-order valence-electron chi connectivity index (χ4n) is 6.38. The summed E-state index contributed by atoms with van der Waals surface area (Å²) in [5, 5.41) is 36.8. The number of rotatable bonds is 31. The van der Waals surface area contributed by atoms with Crippen LogP contribution in [0.3, 0.4) is 0 Å². The number of carbonyl (C=O) groups excluding carboxylic acids is 3. The number of aliphatic hydroxyl groups excluding tert-OH is 3. The molecule has 2 unspecified atom stereocenters. The quantitative estimate of drug-likeness (QED) is 0.0391. The average Bonchev–Trinajstić information content (AvgIpc) is 3.76. The number of hydrogen-bond donors (Lipinski definition) is 8. The summed E-state index contributed by atoms with van der Waals surface area (Å²) in [5.41, 5.74) is 4.59. The summed E-state index contributed by atoms with van der Waals surface area (Å²) in [5.74, 6) is -0.835. The number of anilines is 1. The molecule has 2 aromatic rings. The first-order chi connectivity index (χ1) is 28.9. The number of phosphoric ester groups is 2. The minimum atomic E-state index is -5.38. The van der Waals surface area contributed by atoms with E-state index in [1.54, 1.807) is 0 Å². The van der Waals surface area contributed by atoms with Crippen molar-refractivity contribution in [1.82, 2.24) is 30.2 Å². The molecule has 3 rings (SSSR count). The molecule has 1 aliphatic rings. The molecule has 348 valence electrons. The van der Waals surface area contributed by atoms with Gasteiger partial charge in [0, 0.05) is 37.1 Å². The highest BCUT2D eigenvalue weighted by Gasteiger charge is 2.46. The Morgan fingerprint density at radius 1 is 0.885 bits per heavy atom. The van der Waals surface area contributed by atoms with Crippen LogP contribution in [-0.2, 0) is 41.6 Å². The number of aliphatic hydroxyl groups is 3. The van der Waals surface area contributed by atoms with Gasteiger partial charge in [0.05, 0.1) is 19.5 Å². The normalized spacial score (nSPS) is 20.6. The molecule has 24 heteroatoms. The van der Waals surface area contributed by atoms with Crippen molar-refractivity contribution in [2.75, 3.05) is 37.8 Å². The van der Waals surface area contributed by atoms with Crippen LogP contribution < -0.4 is 16.4 Å². The molecule has 1 fully saturated rings. The number of unbranched alkanes of at least 4 members (excludes halogenated alkanes) is 12. The van der Waals surface area contributed by atoms with E-state index in [1.807, 2.05) is 0 Å². The maximum Gasteiger partial charge on any atom is 0.481 e. The van der Waals surface area contributed by atoms with E-state index in [4.69, 9.17) is 19.5 Å². The zero-order valence-corrected chi connectivity index (χ0v) is 37.9. The lowest BCUT2D eigenvalue weighted by molar-refractivity contribution is -0.137. The fourth-order valence-corrected chi connectivity index (χ4v) is 9.35. The van der Waals surface area contributed by atoms with Gasteiger partial charge >= 0.3 is 15.6 Å². The molecule has 0 aromatic carbocycles. The highest BCUT2D eigenvalue weighted by Crippen LogP contribution is 2.61. The van der Waals surface area contributed by atoms with Gasteiger partial charge in [-0.05, 0) is 6.42 Å². The van der Waals surface area contributed by atoms with E-state index in [9.17, 15) is 48.6 Å². The lowest BCUT2D eigenvalue weighted by atomic mass is 9.87. The lowest BCUT2D eigenvalue weighted by Crippen LogP contribution is -2.46. The number of fused-ring (bicyclic) bond motifs is 1. The largest absolute Gasteiger partial charge is 0.481 e. The molecule has 0 radical (unpaired) electrons. The molecule has 0 spiro atoms. The number of aromatic nitrogens is 4. The van der Waals surface area contributed by atoms with Crippen molar-refractivity contribution in [2.45, 2.75) is 148 Å². The highest BCUT2D eigenvalue weighted by molar-refractivity contribution is 8.13. The molecule has 0 bridgehead atoms. The number of nitrogens with one attached hydrogen (secondary N) is 2. The molecule has 9 N–H and O–H groups in total. The summed E-state index contributed by atoms with van der Waals surface area (Å²) in [6, 6.07) is 0. The van der Waals surface area contributed by atoms with Crippen LogP contribution in [0.15, 0.2) is 12.7 Å². The third-order valence-corrected chi connectivity index (χ3v) is 13.5. The summed E-state index contributed by atoms with van der Waals surface area (Å²) in [4.78, 5) is 69.2. The van der Waals surface area contributed by atoms with Gasteiger partial charge < -0.3 is 46.2 Å². The van der Waals surface area contributed by atoms with Crippen molar-refractivity contribution in [2.24, 2.45) is 5.41 Å². The summed E-state index contributed by atoms with van der Waals surface area (Å²) in [6.07, 6.45) is 11.0. The van der Waals surface area contributed by atoms with E-state index in [2.05, 4.69) is 36.8 Å². The number of imidazole rings is 1. The second-order valence-corrected chi connectivity index (χ2v) is 19.9. The Hall–Kier alpha value is -2.59.